The molecule has 2 fully saturated rings. The lowest BCUT2D eigenvalue weighted by molar-refractivity contribution is 0.0430. The van der Waals surface area contributed by atoms with Crippen LogP contribution in [0.4, 0.5) is 10.5 Å². The maximum Gasteiger partial charge on any atom is 0.321 e. The molecule has 0 spiro atoms. The highest BCUT2D eigenvalue weighted by Crippen LogP contribution is 2.36. The molecule has 0 aliphatic carbocycles. The maximum absolute atomic E-state index is 13.2. The van der Waals surface area contributed by atoms with Crippen LogP contribution in [0.15, 0.2) is 78.9 Å². The molecule has 2 aliphatic heterocycles. The number of ether oxygens (including phenoxy) is 1. The van der Waals surface area contributed by atoms with E-state index in [9.17, 15) is 4.79 Å². The van der Waals surface area contributed by atoms with Crippen LogP contribution in [0.1, 0.15) is 41.9 Å². The van der Waals surface area contributed by atoms with Gasteiger partial charge in [-0.1, -0.05) is 48.6 Å². The number of hydrogen-bond acceptors (Lipinski definition) is 3. The number of carbonyl (C=O) groups is 1. The Morgan fingerprint density at radius 2 is 1.53 bits per heavy atom. The van der Waals surface area contributed by atoms with Crippen molar-refractivity contribution in [3.63, 3.8) is 0 Å². The summed E-state index contributed by atoms with van der Waals surface area (Å²) in [5, 5.41) is 3.08. The summed E-state index contributed by atoms with van der Waals surface area (Å²) in [6.07, 6.45) is 3.37. The van der Waals surface area contributed by atoms with Crippen molar-refractivity contribution in [1.29, 1.82) is 0 Å². The molecule has 2 amide bonds. The summed E-state index contributed by atoms with van der Waals surface area (Å²) < 4.78 is 5.23. The van der Waals surface area contributed by atoms with Gasteiger partial charge < -0.3 is 15.0 Å². The number of fused-ring (bicyclic) bond motifs is 1. The van der Waals surface area contributed by atoms with Crippen molar-refractivity contribution >= 4 is 11.7 Å². The fourth-order valence-corrected chi connectivity index (χ4v) is 5.11. The number of amides is 2. The van der Waals surface area contributed by atoms with Crippen molar-refractivity contribution in [3.8, 4) is 17.6 Å². The van der Waals surface area contributed by atoms with Gasteiger partial charge in [-0.3, -0.25) is 4.90 Å². The van der Waals surface area contributed by atoms with E-state index in [1.54, 1.807) is 7.11 Å². The molecule has 184 valence electrons. The van der Waals surface area contributed by atoms with Gasteiger partial charge in [-0.2, -0.15) is 0 Å². The highest BCUT2D eigenvalue weighted by molar-refractivity contribution is 5.89. The summed E-state index contributed by atoms with van der Waals surface area (Å²) in [5.74, 6) is 7.71. The molecule has 5 heteroatoms. The van der Waals surface area contributed by atoms with E-state index in [1.807, 2.05) is 59.5 Å². The Kier molecular flexibility index (Phi) is 7.54. The van der Waals surface area contributed by atoms with Crippen LogP contribution in [0.25, 0.3) is 0 Å². The van der Waals surface area contributed by atoms with E-state index in [4.69, 9.17) is 4.74 Å². The van der Waals surface area contributed by atoms with Crippen molar-refractivity contribution in [2.24, 2.45) is 0 Å². The van der Waals surface area contributed by atoms with Gasteiger partial charge >= 0.3 is 6.03 Å². The van der Waals surface area contributed by atoms with Crippen LogP contribution in [0.3, 0.4) is 0 Å². The third kappa shape index (κ3) is 5.72. The zero-order valence-corrected chi connectivity index (χ0v) is 20.8. The van der Waals surface area contributed by atoms with Crippen molar-refractivity contribution in [2.75, 3.05) is 38.6 Å². The lowest BCUT2D eigenvalue weighted by atomic mass is 9.81. The minimum Gasteiger partial charge on any atom is -0.497 e. The third-order valence-electron chi connectivity index (χ3n) is 7.24. The summed E-state index contributed by atoms with van der Waals surface area (Å²) >= 11 is 0. The second-order valence-electron chi connectivity index (χ2n) is 9.57. The van der Waals surface area contributed by atoms with E-state index < -0.39 is 0 Å². The summed E-state index contributed by atoms with van der Waals surface area (Å²) in [6, 6.07) is 26.6. The smallest absolute Gasteiger partial charge is 0.321 e. The SMILES string of the molecule is COc1ccc(NC(=O)N2CCCCCN3C[C@H](c4ccc(C#Cc5ccccc5)cc4)[C@@H]3C2)cc1. The highest BCUT2D eigenvalue weighted by Gasteiger charge is 2.41. The number of hydrogen-bond donors (Lipinski definition) is 1. The number of nitrogens with zero attached hydrogens (tertiary/aromatic N) is 2. The van der Waals surface area contributed by atoms with Crippen LogP contribution >= 0.6 is 0 Å². The van der Waals surface area contributed by atoms with Crippen LogP contribution in [0.5, 0.6) is 5.75 Å². The Morgan fingerprint density at radius 3 is 2.25 bits per heavy atom. The average Bonchev–Trinajstić information content (AvgIpc) is 2.99. The lowest BCUT2D eigenvalue weighted by Gasteiger charge is -2.50. The summed E-state index contributed by atoms with van der Waals surface area (Å²) in [4.78, 5) is 17.7. The van der Waals surface area contributed by atoms with E-state index in [2.05, 4.69) is 46.3 Å². The fraction of sp³-hybridized carbons (Fsp3) is 0.323. The van der Waals surface area contributed by atoms with Crippen molar-refractivity contribution in [3.05, 3.63) is 95.6 Å². The zero-order valence-electron chi connectivity index (χ0n) is 20.8. The fourth-order valence-electron chi connectivity index (χ4n) is 5.11. The normalized spacial score (nSPS) is 19.9. The predicted molar refractivity (Wildman–Crippen MR) is 144 cm³/mol. The molecule has 2 aliphatic rings. The van der Waals surface area contributed by atoms with E-state index in [-0.39, 0.29) is 6.03 Å². The molecule has 5 nitrogen and oxygen atoms in total. The Labute approximate surface area is 214 Å². The van der Waals surface area contributed by atoms with Crippen LogP contribution in [0.2, 0.25) is 0 Å². The zero-order chi connectivity index (χ0) is 24.7. The van der Waals surface area contributed by atoms with Gasteiger partial charge in [0, 0.05) is 48.4 Å². The van der Waals surface area contributed by atoms with Gasteiger partial charge in [0.1, 0.15) is 5.75 Å². The number of carbonyl (C=O) groups excluding carboxylic acids is 1. The second-order valence-corrected chi connectivity index (χ2v) is 9.57. The standard InChI is InChI=1S/C31H33N3O2/c1-36-28-18-16-27(17-19-28)32-31(35)34-21-7-3-6-20-33-22-29(30(33)23-34)26-14-12-25(13-15-26)11-10-24-8-4-2-5-9-24/h2,4-5,8-9,12-19,29-30H,3,6-7,20-23H2,1H3,(H,32,35)/t29-,30+/m1/s1. The van der Waals surface area contributed by atoms with Gasteiger partial charge in [0.05, 0.1) is 7.11 Å². The molecule has 3 aromatic carbocycles. The van der Waals surface area contributed by atoms with Crippen LogP contribution in [-0.2, 0) is 0 Å². The van der Waals surface area contributed by atoms with Crippen LogP contribution in [0, 0.1) is 11.8 Å². The Hall–Kier alpha value is -3.75. The first-order chi connectivity index (χ1) is 17.7. The largest absolute Gasteiger partial charge is 0.497 e. The Bertz CT molecular complexity index is 1210. The van der Waals surface area contributed by atoms with Crippen molar-refractivity contribution in [2.45, 2.75) is 31.2 Å². The predicted octanol–water partition coefficient (Wildman–Crippen LogP) is 5.58. The van der Waals surface area contributed by atoms with Crippen molar-refractivity contribution in [1.82, 2.24) is 9.80 Å². The third-order valence-corrected chi connectivity index (χ3v) is 7.24. The molecular formula is C31H33N3O2. The Morgan fingerprint density at radius 1 is 0.833 bits per heavy atom. The van der Waals surface area contributed by atoms with E-state index >= 15 is 0 Å². The molecule has 5 rings (SSSR count). The first-order valence-electron chi connectivity index (χ1n) is 12.8. The number of nitrogens with one attached hydrogen (secondary N) is 1. The summed E-state index contributed by atoms with van der Waals surface area (Å²) in [5.41, 5.74) is 4.16. The monoisotopic (exact) mass is 479 g/mol. The molecule has 2 heterocycles. The van der Waals surface area contributed by atoms with Crippen LogP contribution in [-0.4, -0.2) is 55.2 Å². The number of anilines is 1. The molecular weight excluding hydrogens is 446 g/mol. The molecule has 0 bridgehead atoms. The molecule has 1 N–H and O–H groups in total. The first-order valence-corrected chi connectivity index (χ1v) is 12.8. The number of urea groups is 1. The van der Waals surface area contributed by atoms with Gasteiger partial charge in [0.2, 0.25) is 0 Å². The maximum atomic E-state index is 13.2. The number of rotatable bonds is 3. The van der Waals surface area contributed by atoms with Gasteiger partial charge in [0.15, 0.2) is 0 Å². The molecule has 36 heavy (non-hydrogen) atoms. The lowest BCUT2D eigenvalue weighted by Crippen LogP contribution is -2.59. The van der Waals surface area contributed by atoms with Crippen LogP contribution < -0.4 is 10.1 Å². The van der Waals surface area contributed by atoms with Gasteiger partial charge in [0.25, 0.3) is 0 Å². The second kappa shape index (κ2) is 11.3. The Balaban J connectivity index is 1.26. The van der Waals surface area contributed by atoms with Crippen molar-refractivity contribution < 1.29 is 9.53 Å². The molecule has 0 unspecified atom stereocenters. The summed E-state index contributed by atoms with van der Waals surface area (Å²) in [6.45, 7) is 3.68. The average molecular weight is 480 g/mol. The molecule has 2 atom stereocenters. The van der Waals surface area contributed by atoms with Gasteiger partial charge in [-0.25, -0.2) is 4.79 Å². The minimum atomic E-state index is -0.0285. The number of methoxy groups -OCH3 is 1. The van der Waals surface area contributed by atoms with E-state index in [1.165, 1.54) is 12.0 Å². The molecule has 0 radical (unpaired) electrons. The molecule has 0 aromatic heterocycles. The minimum absolute atomic E-state index is 0.0285. The quantitative estimate of drug-likeness (QED) is 0.499. The van der Waals surface area contributed by atoms with E-state index in [0.29, 0.717) is 12.0 Å². The molecule has 3 aromatic rings. The van der Waals surface area contributed by atoms with Gasteiger partial charge in [-0.05, 0) is 73.5 Å². The van der Waals surface area contributed by atoms with E-state index in [0.717, 1.165) is 61.6 Å². The topological polar surface area (TPSA) is 44.8 Å². The number of benzene rings is 3. The molecule has 2 saturated heterocycles. The summed E-state index contributed by atoms with van der Waals surface area (Å²) in [7, 11) is 1.64. The van der Waals surface area contributed by atoms with Gasteiger partial charge in [-0.15, -0.1) is 0 Å². The first kappa shape index (κ1) is 24.0. The molecule has 0 saturated carbocycles. The highest BCUT2D eigenvalue weighted by atomic mass is 16.5.